The molecule has 0 N–H and O–H groups in total. The van der Waals surface area contributed by atoms with Gasteiger partial charge in [-0.15, -0.1) is 0 Å². The molecule has 31 heavy (non-hydrogen) atoms. The lowest BCUT2D eigenvalue weighted by Crippen LogP contribution is -2.23. The summed E-state index contributed by atoms with van der Waals surface area (Å²) in [6, 6.07) is 31.3. The Morgan fingerprint density at radius 1 is 0.839 bits per heavy atom. The van der Waals surface area contributed by atoms with Gasteiger partial charge < -0.3 is 18.6 Å². The molecule has 2 aliphatic heterocycles. The Bertz CT molecular complexity index is 969. The molecule has 0 spiro atoms. The van der Waals surface area contributed by atoms with E-state index in [1.807, 2.05) is 25.1 Å². The molecule has 0 saturated carbocycles. The second-order valence-electron chi connectivity index (χ2n) is 7.63. The van der Waals surface area contributed by atoms with E-state index in [1.54, 1.807) is 0 Å². The predicted octanol–water partition coefficient (Wildman–Crippen LogP) is 5.82. The van der Waals surface area contributed by atoms with Gasteiger partial charge in [-0.3, -0.25) is 0 Å². The molecule has 1 fully saturated rings. The molecule has 0 aromatic heterocycles. The summed E-state index contributed by atoms with van der Waals surface area (Å²) in [7, 11) is -1.00. The quantitative estimate of drug-likeness (QED) is 0.461. The lowest BCUT2D eigenvalue weighted by Gasteiger charge is -2.31. The summed E-state index contributed by atoms with van der Waals surface area (Å²) in [6.07, 6.45) is -0.103. The van der Waals surface area contributed by atoms with Crippen LogP contribution in [-0.4, -0.2) is 31.6 Å². The van der Waals surface area contributed by atoms with Crippen LogP contribution in [0.2, 0.25) is 0 Å². The van der Waals surface area contributed by atoms with Crippen LogP contribution in [0, 0.1) is 0 Å². The van der Waals surface area contributed by atoms with E-state index in [0.717, 1.165) is 24.6 Å². The topological polar surface area (TPSA) is 37.3 Å². The summed E-state index contributed by atoms with van der Waals surface area (Å²) in [5.41, 5.74) is 3.51. The van der Waals surface area contributed by atoms with Gasteiger partial charge in [-0.25, -0.2) is 4.99 Å². The molecular formula is C25H26N3O2P. The van der Waals surface area contributed by atoms with E-state index in [1.165, 1.54) is 11.4 Å². The molecule has 0 radical (unpaired) electrons. The van der Waals surface area contributed by atoms with Crippen molar-refractivity contribution in [3.63, 3.8) is 0 Å². The lowest BCUT2D eigenvalue weighted by molar-refractivity contribution is 0.164. The van der Waals surface area contributed by atoms with Crippen molar-refractivity contribution in [1.82, 2.24) is 0 Å². The number of benzene rings is 3. The van der Waals surface area contributed by atoms with Crippen LogP contribution in [-0.2, 0) is 9.26 Å². The highest BCUT2D eigenvalue weighted by atomic mass is 31.2. The molecule has 5 nitrogen and oxygen atoms in total. The minimum absolute atomic E-state index is 0.0549. The molecule has 3 aromatic rings. The van der Waals surface area contributed by atoms with Gasteiger partial charge in [0, 0.05) is 31.4 Å². The van der Waals surface area contributed by atoms with Gasteiger partial charge in [0.2, 0.25) is 8.45 Å². The van der Waals surface area contributed by atoms with Crippen LogP contribution in [0.15, 0.2) is 96.0 Å². The Morgan fingerprint density at radius 2 is 1.35 bits per heavy atom. The standard InChI is InChI=1S/C25H26N3O2P/c1-20-26-24(25(30-20)21-11-5-2-6-12-21)19-29-31-27(22-13-7-3-8-14-22)17-18-28(31)23-15-9-4-10-16-23/h2-16,24-25H,17-19H2,1H3/t24-,25-/m0/s1. The Labute approximate surface area is 184 Å². The first-order chi connectivity index (χ1) is 15.3. The van der Waals surface area contributed by atoms with Crippen LogP contribution >= 0.6 is 8.45 Å². The zero-order valence-electron chi connectivity index (χ0n) is 17.5. The molecule has 158 valence electrons. The SMILES string of the molecule is CC1=N[C@@H](COP2N(c3ccccc3)CCN2c2ccccc2)[C@H](c2ccccc2)O1. The lowest BCUT2D eigenvalue weighted by atomic mass is 10.0. The fourth-order valence-corrected chi connectivity index (χ4v) is 6.09. The molecule has 1 saturated heterocycles. The van der Waals surface area contributed by atoms with Gasteiger partial charge in [-0.1, -0.05) is 66.7 Å². The zero-order chi connectivity index (χ0) is 21.0. The Balaban J connectivity index is 1.38. The zero-order valence-corrected chi connectivity index (χ0v) is 18.4. The van der Waals surface area contributed by atoms with Crippen molar-refractivity contribution in [2.75, 3.05) is 29.0 Å². The molecule has 6 heteroatoms. The van der Waals surface area contributed by atoms with Gasteiger partial charge in [0.25, 0.3) is 0 Å². The number of hydrogen-bond acceptors (Lipinski definition) is 5. The van der Waals surface area contributed by atoms with Crippen molar-refractivity contribution in [3.05, 3.63) is 96.6 Å². The highest BCUT2D eigenvalue weighted by Crippen LogP contribution is 2.54. The van der Waals surface area contributed by atoms with Gasteiger partial charge in [0.05, 0.1) is 6.61 Å². The van der Waals surface area contributed by atoms with Crippen molar-refractivity contribution in [1.29, 1.82) is 0 Å². The summed E-state index contributed by atoms with van der Waals surface area (Å²) in [6.45, 7) is 4.28. The molecule has 2 atom stereocenters. The maximum absolute atomic E-state index is 6.65. The number of ether oxygens (including phenoxy) is 1. The minimum Gasteiger partial charge on any atom is -0.471 e. The average molecular weight is 431 g/mol. The number of rotatable bonds is 6. The minimum atomic E-state index is -1.00. The highest BCUT2D eigenvalue weighted by Gasteiger charge is 2.38. The number of hydrogen-bond donors (Lipinski definition) is 0. The van der Waals surface area contributed by atoms with E-state index in [9.17, 15) is 0 Å². The Morgan fingerprint density at radius 3 is 1.90 bits per heavy atom. The molecule has 0 amide bonds. The molecule has 3 aromatic carbocycles. The Kier molecular flexibility index (Phi) is 5.88. The van der Waals surface area contributed by atoms with Gasteiger partial charge in [0.1, 0.15) is 12.1 Å². The summed E-state index contributed by atoms with van der Waals surface area (Å²) in [5.74, 6) is 0.724. The van der Waals surface area contributed by atoms with Crippen molar-refractivity contribution in [2.45, 2.75) is 19.1 Å². The van der Waals surface area contributed by atoms with E-state index in [0.29, 0.717) is 6.61 Å². The average Bonchev–Trinajstić information content (AvgIpc) is 3.42. The van der Waals surface area contributed by atoms with Gasteiger partial charge in [-0.05, 0) is 29.8 Å². The van der Waals surface area contributed by atoms with E-state index in [-0.39, 0.29) is 12.1 Å². The first kappa shape index (κ1) is 20.0. The summed E-state index contributed by atoms with van der Waals surface area (Å²) in [5, 5.41) is 0. The maximum Gasteiger partial charge on any atom is 0.248 e. The number of aliphatic imine (C=N–C) groups is 1. The number of anilines is 2. The smallest absolute Gasteiger partial charge is 0.248 e. The highest BCUT2D eigenvalue weighted by molar-refractivity contribution is 7.56. The third kappa shape index (κ3) is 4.30. The third-order valence-electron chi connectivity index (χ3n) is 5.53. The second kappa shape index (κ2) is 9.09. The summed E-state index contributed by atoms with van der Waals surface area (Å²) < 4.78 is 17.5. The molecule has 0 bridgehead atoms. The first-order valence-electron chi connectivity index (χ1n) is 10.6. The number of nitrogens with zero attached hydrogens (tertiary/aromatic N) is 3. The molecule has 0 aliphatic carbocycles. The molecule has 2 heterocycles. The van der Waals surface area contributed by atoms with Crippen molar-refractivity contribution < 1.29 is 9.26 Å². The largest absolute Gasteiger partial charge is 0.471 e. The van der Waals surface area contributed by atoms with Gasteiger partial charge >= 0.3 is 0 Å². The monoisotopic (exact) mass is 431 g/mol. The Hall–Kier alpha value is -2.88. The fourth-order valence-electron chi connectivity index (χ4n) is 4.08. The van der Waals surface area contributed by atoms with Crippen molar-refractivity contribution in [3.8, 4) is 0 Å². The van der Waals surface area contributed by atoms with Crippen LogP contribution in [0.1, 0.15) is 18.6 Å². The summed E-state index contributed by atoms with van der Waals surface area (Å²) >= 11 is 0. The fraction of sp³-hybridized carbons (Fsp3) is 0.240. The second-order valence-corrected chi connectivity index (χ2v) is 9.36. The van der Waals surface area contributed by atoms with E-state index < -0.39 is 8.45 Å². The maximum atomic E-state index is 6.65. The van der Waals surface area contributed by atoms with Crippen LogP contribution in [0.25, 0.3) is 0 Å². The van der Waals surface area contributed by atoms with E-state index in [4.69, 9.17) is 14.3 Å². The van der Waals surface area contributed by atoms with E-state index >= 15 is 0 Å². The third-order valence-corrected chi connectivity index (χ3v) is 7.60. The summed E-state index contributed by atoms with van der Waals surface area (Å²) in [4.78, 5) is 4.75. The van der Waals surface area contributed by atoms with Crippen LogP contribution in [0.3, 0.4) is 0 Å². The first-order valence-corrected chi connectivity index (χ1v) is 11.8. The molecular weight excluding hydrogens is 405 g/mol. The van der Waals surface area contributed by atoms with Crippen LogP contribution in [0.4, 0.5) is 11.4 Å². The number of para-hydroxylation sites is 2. The van der Waals surface area contributed by atoms with Crippen molar-refractivity contribution in [2.24, 2.45) is 4.99 Å². The van der Waals surface area contributed by atoms with Gasteiger partial charge in [0.15, 0.2) is 5.90 Å². The van der Waals surface area contributed by atoms with Gasteiger partial charge in [-0.2, -0.15) is 0 Å². The molecule has 2 aliphatic rings. The molecule has 5 rings (SSSR count). The van der Waals surface area contributed by atoms with Crippen LogP contribution in [0.5, 0.6) is 0 Å². The van der Waals surface area contributed by atoms with E-state index in [2.05, 4.69) is 82.1 Å². The molecule has 0 unspecified atom stereocenters. The predicted molar refractivity (Wildman–Crippen MR) is 128 cm³/mol. The van der Waals surface area contributed by atoms with Crippen molar-refractivity contribution >= 4 is 25.7 Å². The van der Waals surface area contributed by atoms with Crippen LogP contribution < -0.4 is 9.34 Å². The normalized spacial score (nSPS) is 21.3.